The van der Waals surface area contributed by atoms with Crippen LogP contribution in [-0.4, -0.2) is 57.7 Å². The fourth-order valence-corrected chi connectivity index (χ4v) is 3.85. The largest absolute Gasteiger partial charge is 2.00 e. The molecule has 10 heteroatoms. The molecule has 0 spiro atoms. The second-order valence-corrected chi connectivity index (χ2v) is 8.53. The van der Waals surface area contributed by atoms with Crippen LogP contribution in [0.1, 0.15) is 38.8 Å². The van der Waals surface area contributed by atoms with E-state index in [1.54, 1.807) is 0 Å². The molecule has 0 amide bonds. The normalized spacial score (nSPS) is 12.9. The molecule has 2 aromatic rings. The number of benzene rings is 2. The summed E-state index contributed by atoms with van der Waals surface area (Å²) in [4.78, 5) is 3.94. The first kappa shape index (κ1) is 30.2. The van der Waals surface area contributed by atoms with Crippen molar-refractivity contribution in [2.45, 2.75) is 27.7 Å². The summed E-state index contributed by atoms with van der Waals surface area (Å²) in [5, 5.41) is 18.8. The maximum Gasteiger partial charge on any atom is 2.00 e. The molecule has 2 aromatic carbocycles. The third kappa shape index (κ3) is 8.74. The molecule has 0 unspecified atom stereocenters. The van der Waals surface area contributed by atoms with Gasteiger partial charge in [-0.1, -0.05) is 58.4 Å². The van der Waals surface area contributed by atoms with Crippen LogP contribution in [0.3, 0.4) is 0 Å². The fourth-order valence-electron chi connectivity index (χ4n) is 2.99. The average molecular weight is 609 g/mol. The summed E-state index contributed by atoms with van der Waals surface area (Å²) >= 11 is 14.5. The molecule has 0 aliphatic rings. The summed E-state index contributed by atoms with van der Waals surface area (Å²) in [5.74, 6) is 0. The summed E-state index contributed by atoms with van der Waals surface area (Å²) in [5.41, 5.74) is 2.83. The maximum absolute atomic E-state index is 5.49. The van der Waals surface area contributed by atoms with E-state index in [2.05, 4.69) is 36.3 Å². The Bertz CT molecular complexity index is 1000. The summed E-state index contributed by atoms with van der Waals surface area (Å²) in [6, 6.07) is 17.6. The van der Waals surface area contributed by atoms with Gasteiger partial charge in [-0.15, -0.1) is 10.2 Å². The van der Waals surface area contributed by atoms with E-state index >= 15 is 0 Å². The minimum atomic E-state index is 0. The topological polar surface area (TPSA) is 55.9 Å². The molecule has 185 valence electrons. The van der Waals surface area contributed by atoms with Crippen molar-refractivity contribution in [3.05, 3.63) is 70.2 Å². The van der Waals surface area contributed by atoms with Gasteiger partial charge in [0.05, 0.1) is 0 Å². The zero-order valence-electron chi connectivity index (χ0n) is 19.7. The quantitative estimate of drug-likeness (QED) is 0.132. The third-order valence-electron chi connectivity index (χ3n) is 4.93. The van der Waals surface area contributed by atoms with E-state index < -0.39 is 0 Å². The van der Waals surface area contributed by atoms with Gasteiger partial charge in [0.2, 0.25) is 0 Å². The molecule has 0 bridgehead atoms. The number of amidine groups is 2. The maximum atomic E-state index is 5.49. The zero-order chi connectivity index (χ0) is 24.2. The molecular weight excluding hydrogens is 580 g/mol. The van der Waals surface area contributed by atoms with E-state index in [0.29, 0.717) is 21.8 Å². The van der Waals surface area contributed by atoms with Gasteiger partial charge in [0.15, 0.2) is 0 Å². The monoisotopic (exact) mass is 607 g/mol. The van der Waals surface area contributed by atoms with Crippen LogP contribution in [0.25, 0.3) is 0 Å². The van der Waals surface area contributed by atoms with E-state index in [4.69, 9.17) is 25.3 Å². The van der Waals surface area contributed by atoms with Crippen LogP contribution in [0.4, 0.5) is 0 Å². The standard InChI is InChI=1S/C24H31BrN6S2.Cu/c1-5-30(6-2)23(32)28-26-21(18-12-10-9-11-13-18)22(19-14-16-20(25)17-15-19)27-29-24(33)31(7-3)8-4;/h9-17H,5-8H2,1-4H3,(H,28,32)(H,29,33);/q;+2/p-2. The van der Waals surface area contributed by atoms with Crippen molar-refractivity contribution in [1.82, 2.24) is 9.80 Å². The molecule has 0 saturated carbocycles. The summed E-state index contributed by atoms with van der Waals surface area (Å²) in [6.07, 6.45) is 0. The molecular formula is C24H29BrCuN6S2. The summed E-state index contributed by atoms with van der Waals surface area (Å²) in [6.45, 7) is 11.2. The van der Waals surface area contributed by atoms with Crippen molar-refractivity contribution in [2.75, 3.05) is 26.2 Å². The Morgan fingerprint density at radius 1 is 0.647 bits per heavy atom. The van der Waals surface area contributed by atoms with Gasteiger partial charge in [0.1, 0.15) is 11.4 Å². The Kier molecular flexibility index (Phi) is 14.2. The second kappa shape index (κ2) is 15.9. The molecule has 0 aliphatic heterocycles. The van der Waals surface area contributed by atoms with E-state index in [9.17, 15) is 0 Å². The van der Waals surface area contributed by atoms with Crippen molar-refractivity contribution < 1.29 is 17.1 Å². The van der Waals surface area contributed by atoms with Crippen LogP contribution in [0, 0.1) is 0 Å². The predicted molar refractivity (Wildman–Crippen MR) is 149 cm³/mol. The fraction of sp³-hybridized carbons (Fsp3) is 0.333. The van der Waals surface area contributed by atoms with Gasteiger partial charge < -0.3 is 35.1 Å². The summed E-state index contributed by atoms with van der Waals surface area (Å²) < 4.78 is 0.965. The Labute approximate surface area is 233 Å². The molecule has 1 radical (unpaired) electrons. The first-order valence-corrected chi connectivity index (χ1v) is 12.5. The number of halogens is 1. The molecule has 2 rings (SSSR count). The van der Waals surface area contributed by atoms with Crippen molar-refractivity contribution in [3.63, 3.8) is 0 Å². The van der Waals surface area contributed by atoms with E-state index in [0.717, 1.165) is 41.8 Å². The molecule has 0 aliphatic carbocycles. The van der Waals surface area contributed by atoms with Gasteiger partial charge in [-0.3, -0.25) is 0 Å². The van der Waals surface area contributed by atoms with Crippen molar-refractivity contribution in [3.8, 4) is 0 Å². The van der Waals surface area contributed by atoms with Crippen LogP contribution in [0.2, 0.25) is 0 Å². The minimum Gasteiger partial charge on any atom is -0.741 e. The van der Waals surface area contributed by atoms with Crippen molar-refractivity contribution in [2.24, 2.45) is 20.4 Å². The molecule has 0 aromatic heterocycles. The van der Waals surface area contributed by atoms with E-state index in [1.165, 1.54) is 0 Å². The first-order chi connectivity index (χ1) is 15.9. The van der Waals surface area contributed by atoms with Crippen LogP contribution >= 0.6 is 15.9 Å². The smallest absolute Gasteiger partial charge is 0.741 e. The number of nitrogens with zero attached hydrogens (tertiary/aromatic N) is 6. The Morgan fingerprint density at radius 2 is 1.03 bits per heavy atom. The van der Waals surface area contributed by atoms with Gasteiger partial charge in [-0.05, 0) is 39.8 Å². The molecule has 0 heterocycles. The SMILES string of the molecule is CCN(CC)C([S-])=NN=C(C(=NN=C([S-])N(CC)CC)c1ccc(Br)cc1)c1ccccc1.[Cu+2]. The third-order valence-corrected chi connectivity index (χ3v) is 6.14. The zero-order valence-corrected chi connectivity index (χ0v) is 23.9. The Balaban J connectivity index is 0.00000578. The van der Waals surface area contributed by atoms with Crippen LogP contribution < -0.4 is 0 Å². The molecule has 6 nitrogen and oxygen atoms in total. The molecule has 34 heavy (non-hydrogen) atoms. The average Bonchev–Trinajstić information content (AvgIpc) is 2.84. The van der Waals surface area contributed by atoms with Gasteiger partial charge in [-0.2, -0.15) is 10.2 Å². The van der Waals surface area contributed by atoms with Crippen molar-refractivity contribution in [1.29, 1.82) is 0 Å². The van der Waals surface area contributed by atoms with Gasteiger partial charge in [0, 0.05) is 52.1 Å². The second-order valence-electron chi connectivity index (χ2n) is 6.88. The van der Waals surface area contributed by atoms with Gasteiger partial charge >= 0.3 is 17.1 Å². The molecule has 0 atom stereocenters. The molecule has 0 saturated heterocycles. The Morgan fingerprint density at radius 3 is 1.41 bits per heavy atom. The number of rotatable bonds is 9. The van der Waals surface area contributed by atoms with Crippen LogP contribution in [-0.2, 0) is 42.3 Å². The predicted octanol–water partition coefficient (Wildman–Crippen LogP) is 5.04. The molecule has 0 fully saturated rings. The minimum absolute atomic E-state index is 0. The van der Waals surface area contributed by atoms with E-state index in [1.807, 2.05) is 92.1 Å². The Hall–Kier alpha value is -1.84. The van der Waals surface area contributed by atoms with Crippen LogP contribution in [0.5, 0.6) is 0 Å². The number of hydrogen-bond acceptors (Lipinski definition) is 6. The number of hydrogen-bond donors (Lipinski definition) is 0. The van der Waals surface area contributed by atoms with Gasteiger partial charge in [-0.25, -0.2) is 0 Å². The summed E-state index contributed by atoms with van der Waals surface area (Å²) in [7, 11) is 0. The first-order valence-electron chi connectivity index (χ1n) is 10.9. The van der Waals surface area contributed by atoms with Gasteiger partial charge in [0.25, 0.3) is 0 Å². The van der Waals surface area contributed by atoms with E-state index in [-0.39, 0.29) is 17.1 Å². The van der Waals surface area contributed by atoms with Crippen molar-refractivity contribution >= 4 is 62.9 Å². The molecule has 0 N–H and O–H groups in total. The van der Waals surface area contributed by atoms with Crippen LogP contribution in [0.15, 0.2) is 79.5 Å².